The Morgan fingerprint density at radius 2 is 1.85 bits per heavy atom. The quantitative estimate of drug-likeness (QED) is 0.511. The maximum Gasteiger partial charge on any atom is 0.243 e. The van der Waals surface area contributed by atoms with E-state index in [9.17, 15) is 17.6 Å². The van der Waals surface area contributed by atoms with Gasteiger partial charge in [0.15, 0.2) is 5.11 Å². The van der Waals surface area contributed by atoms with Gasteiger partial charge in [-0.25, -0.2) is 12.8 Å². The fraction of sp³-hybridized carbons (Fsp3) is 0.529. The lowest BCUT2D eigenvalue weighted by atomic mass is 9.99. The van der Waals surface area contributed by atoms with Crippen molar-refractivity contribution < 1.29 is 17.6 Å². The number of thiocarbonyl (C=S) groups is 1. The average Bonchev–Trinajstić information content (AvgIpc) is 2.58. The molecule has 0 spiro atoms. The maximum absolute atomic E-state index is 13.1. The molecular weight excluding hydrogens is 391 g/mol. The number of nitrogens with zero attached hydrogens (tertiary/aromatic N) is 1. The molecule has 1 heterocycles. The zero-order valence-electron chi connectivity index (χ0n) is 15.6. The van der Waals surface area contributed by atoms with Crippen LogP contribution in [-0.2, 0) is 14.8 Å². The highest BCUT2D eigenvalue weighted by Gasteiger charge is 2.33. The molecule has 0 unspecified atom stereocenters. The van der Waals surface area contributed by atoms with Crippen LogP contribution in [0.3, 0.4) is 0 Å². The SMILES string of the molecule is CC(C)(C)NC(=S)NNC(=O)[C@H]1CCCN(S(=O)(=O)c2ccc(F)cc2)C1. The Bertz CT molecular complexity index is 791. The molecule has 1 aliphatic rings. The summed E-state index contributed by atoms with van der Waals surface area (Å²) in [6.45, 7) is 6.18. The minimum Gasteiger partial charge on any atom is -0.357 e. The van der Waals surface area contributed by atoms with Gasteiger partial charge in [0.2, 0.25) is 15.9 Å². The van der Waals surface area contributed by atoms with Gasteiger partial charge in [0.05, 0.1) is 10.8 Å². The highest BCUT2D eigenvalue weighted by molar-refractivity contribution is 7.89. The molecule has 1 fully saturated rings. The molecule has 0 aromatic heterocycles. The number of piperidine rings is 1. The minimum absolute atomic E-state index is 0.0126. The van der Waals surface area contributed by atoms with Crippen LogP contribution in [0.25, 0.3) is 0 Å². The molecule has 7 nitrogen and oxygen atoms in total. The summed E-state index contributed by atoms with van der Waals surface area (Å²) in [4.78, 5) is 12.4. The molecule has 0 saturated carbocycles. The molecule has 27 heavy (non-hydrogen) atoms. The second-order valence-electron chi connectivity index (χ2n) is 7.47. The molecule has 0 radical (unpaired) electrons. The van der Waals surface area contributed by atoms with Crippen LogP contribution >= 0.6 is 12.2 Å². The van der Waals surface area contributed by atoms with Crippen molar-refractivity contribution in [2.24, 2.45) is 5.92 Å². The van der Waals surface area contributed by atoms with Gasteiger partial charge in [-0.3, -0.25) is 15.6 Å². The van der Waals surface area contributed by atoms with Gasteiger partial charge in [0, 0.05) is 18.6 Å². The van der Waals surface area contributed by atoms with E-state index in [1.54, 1.807) is 0 Å². The van der Waals surface area contributed by atoms with Crippen molar-refractivity contribution in [3.63, 3.8) is 0 Å². The number of rotatable bonds is 3. The third kappa shape index (κ3) is 6.12. The lowest BCUT2D eigenvalue weighted by molar-refractivity contribution is -0.126. The standard InChI is InChI=1S/C17H25FN4O3S2/c1-17(2,3)19-16(26)21-20-15(23)12-5-4-10-22(11-12)27(24,25)14-8-6-13(18)7-9-14/h6-9,12H,4-5,10-11H2,1-3H3,(H,20,23)(H2,19,21,26)/t12-/m0/s1. The van der Waals surface area contributed by atoms with Gasteiger partial charge in [-0.05, 0) is 70.1 Å². The summed E-state index contributed by atoms with van der Waals surface area (Å²) < 4.78 is 39.7. The zero-order chi connectivity index (χ0) is 20.2. The van der Waals surface area contributed by atoms with Crippen molar-refractivity contribution in [1.82, 2.24) is 20.5 Å². The molecule has 3 N–H and O–H groups in total. The number of nitrogens with one attached hydrogen (secondary N) is 3. The Labute approximate surface area is 164 Å². The lowest BCUT2D eigenvalue weighted by Gasteiger charge is -2.31. The molecule has 2 rings (SSSR count). The first-order valence-electron chi connectivity index (χ1n) is 8.63. The lowest BCUT2D eigenvalue weighted by Crippen LogP contribution is -2.54. The highest BCUT2D eigenvalue weighted by atomic mass is 32.2. The van der Waals surface area contributed by atoms with Gasteiger partial charge in [-0.1, -0.05) is 0 Å². The molecule has 1 amide bonds. The molecular formula is C17H25FN4O3S2. The van der Waals surface area contributed by atoms with Crippen LogP contribution in [0.15, 0.2) is 29.2 Å². The third-order valence-electron chi connectivity index (χ3n) is 3.99. The van der Waals surface area contributed by atoms with E-state index in [1.807, 2.05) is 20.8 Å². The topological polar surface area (TPSA) is 90.5 Å². The van der Waals surface area contributed by atoms with Crippen LogP contribution < -0.4 is 16.2 Å². The molecule has 1 aromatic rings. The Morgan fingerprint density at radius 1 is 1.22 bits per heavy atom. The molecule has 1 atom stereocenters. The Kier molecular flexibility index (Phi) is 6.77. The summed E-state index contributed by atoms with van der Waals surface area (Å²) in [5.41, 5.74) is 4.92. The van der Waals surface area contributed by atoms with Crippen molar-refractivity contribution in [2.75, 3.05) is 13.1 Å². The molecule has 1 saturated heterocycles. The van der Waals surface area contributed by atoms with Crippen molar-refractivity contribution in [2.45, 2.75) is 44.0 Å². The van der Waals surface area contributed by atoms with E-state index < -0.39 is 21.8 Å². The maximum atomic E-state index is 13.1. The third-order valence-corrected chi connectivity index (χ3v) is 6.08. The first kappa shape index (κ1) is 21.5. The number of hydrogen-bond acceptors (Lipinski definition) is 4. The van der Waals surface area contributed by atoms with Crippen LogP contribution in [-0.4, -0.2) is 42.4 Å². The number of amides is 1. The van der Waals surface area contributed by atoms with Crippen molar-refractivity contribution >= 4 is 33.3 Å². The fourth-order valence-corrected chi connectivity index (χ4v) is 4.60. The number of hydrazine groups is 1. The van der Waals surface area contributed by atoms with Crippen LogP contribution in [0.4, 0.5) is 4.39 Å². The van der Waals surface area contributed by atoms with Gasteiger partial charge in [0.25, 0.3) is 0 Å². The Morgan fingerprint density at radius 3 is 2.44 bits per heavy atom. The second kappa shape index (κ2) is 8.49. The van der Waals surface area contributed by atoms with Gasteiger partial charge in [-0.2, -0.15) is 4.31 Å². The van der Waals surface area contributed by atoms with Crippen molar-refractivity contribution in [1.29, 1.82) is 0 Å². The van der Waals surface area contributed by atoms with Gasteiger partial charge in [-0.15, -0.1) is 0 Å². The summed E-state index contributed by atoms with van der Waals surface area (Å²) in [6, 6.07) is 4.67. The molecule has 1 aromatic carbocycles. The number of carbonyl (C=O) groups is 1. The van der Waals surface area contributed by atoms with Crippen LogP contribution in [0, 0.1) is 11.7 Å². The minimum atomic E-state index is -3.77. The molecule has 0 aliphatic carbocycles. The van der Waals surface area contributed by atoms with Crippen LogP contribution in [0.5, 0.6) is 0 Å². The summed E-state index contributed by atoms with van der Waals surface area (Å²) in [5.74, 6) is -1.33. The van der Waals surface area contributed by atoms with Gasteiger partial charge in [0.1, 0.15) is 5.82 Å². The average molecular weight is 417 g/mol. The highest BCUT2D eigenvalue weighted by Crippen LogP contribution is 2.24. The first-order chi connectivity index (χ1) is 12.5. The van der Waals surface area contributed by atoms with Crippen LogP contribution in [0.2, 0.25) is 0 Å². The number of carbonyl (C=O) groups excluding carboxylic acids is 1. The number of halogens is 1. The van der Waals surface area contributed by atoms with Crippen LogP contribution in [0.1, 0.15) is 33.6 Å². The normalized spacial score (nSPS) is 18.6. The van der Waals surface area contributed by atoms with E-state index in [2.05, 4.69) is 16.2 Å². The monoisotopic (exact) mass is 416 g/mol. The molecule has 150 valence electrons. The predicted molar refractivity (Wildman–Crippen MR) is 105 cm³/mol. The Hall–Kier alpha value is -1.78. The zero-order valence-corrected chi connectivity index (χ0v) is 17.2. The van der Waals surface area contributed by atoms with E-state index in [-0.39, 0.29) is 28.0 Å². The van der Waals surface area contributed by atoms with E-state index in [1.165, 1.54) is 16.4 Å². The first-order valence-corrected chi connectivity index (χ1v) is 10.5. The summed E-state index contributed by atoms with van der Waals surface area (Å²) in [5, 5.41) is 3.29. The summed E-state index contributed by atoms with van der Waals surface area (Å²) in [7, 11) is -3.77. The predicted octanol–water partition coefficient (Wildman–Crippen LogP) is 1.52. The van der Waals surface area contributed by atoms with Gasteiger partial charge >= 0.3 is 0 Å². The van der Waals surface area contributed by atoms with E-state index >= 15 is 0 Å². The van der Waals surface area contributed by atoms with E-state index in [0.29, 0.717) is 19.4 Å². The van der Waals surface area contributed by atoms with Gasteiger partial charge < -0.3 is 5.32 Å². The largest absolute Gasteiger partial charge is 0.357 e. The number of benzene rings is 1. The van der Waals surface area contributed by atoms with Crippen molar-refractivity contribution in [3.05, 3.63) is 30.1 Å². The summed E-state index contributed by atoms with van der Waals surface area (Å²) >= 11 is 5.10. The Balaban J connectivity index is 1.97. The van der Waals surface area contributed by atoms with Crippen molar-refractivity contribution in [3.8, 4) is 0 Å². The smallest absolute Gasteiger partial charge is 0.243 e. The summed E-state index contributed by atoms with van der Waals surface area (Å²) in [6.07, 6.45) is 1.13. The van der Waals surface area contributed by atoms with E-state index in [4.69, 9.17) is 12.2 Å². The molecule has 0 bridgehead atoms. The number of hydrogen-bond donors (Lipinski definition) is 3. The fourth-order valence-electron chi connectivity index (χ4n) is 2.72. The second-order valence-corrected chi connectivity index (χ2v) is 9.82. The molecule has 1 aliphatic heterocycles. The van der Waals surface area contributed by atoms with E-state index in [0.717, 1.165) is 12.1 Å². The molecule has 10 heteroatoms. The number of sulfonamides is 1.